The van der Waals surface area contributed by atoms with Gasteiger partial charge in [0.1, 0.15) is 11.6 Å². The van der Waals surface area contributed by atoms with Gasteiger partial charge in [0.25, 0.3) is 0 Å². The molecule has 0 saturated carbocycles. The van der Waals surface area contributed by atoms with Gasteiger partial charge in [-0.05, 0) is 6.92 Å². The number of aromatic nitrogens is 4. The van der Waals surface area contributed by atoms with Gasteiger partial charge in [-0.1, -0.05) is 46.8 Å². The summed E-state index contributed by atoms with van der Waals surface area (Å²) >= 11 is 1.10. The highest BCUT2D eigenvalue weighted by Crippen LogP contribution is 2.14. The molecule has 7 heteroatoms. The van der Waals surface area contributed by atoms with Gasteiger partial charge in [-0.15, -0.1) is 0 Å². The normalized spacial score (nSPS) is 10.8. The maximum Gasteiger partial charge on any atom is 0.325 e. The molecule has 3 rings (SSSR count). The molecule has 96 valence electrons. The van der Waals surface area contributed by atoms with E-state index in [1.165, 1.54) is 4.68 Å². The molecule has 0 bridgehead atoms. The second-order valence-corrected chi connectivity index (χ2v) is 5.07. The third-order valence-electron chi connectivity index (χ3n) is 2.49. The van der Waals surface area contributed by atoms with E-state index in [9.17, 15) is 4.79 Å². The molecule has 1 aromatic carbocycles. The van der Waals surface area contributed by atoms with E-state index in [1.54, 1.807) is 6.92 Å². The van der Waals surface area contributed by atoms with Crippen LogP contribution in [0.4, 0.5) is 0 Å². The van der Waals surface area contributed by atoms with Crippen LogP contribution in [0.3, 0.4) is 0 Å². The minimum absolute atomic E-state index is 0.128. The Morgan fingerprint density at radius 3 is 2.79 bits per heavy atom. The van der Waals surface area contributed by atoms with Crippen LogP contribution in [0.25, 0.3) is 11.4 Å². The van der Waals surface area contributed by atoms with Crippen LogP contribution >= 0.6 is 11.3 Å². The van der Waals surface area contributed by atoms with E-state index in [0.29, 0.717) is 16.7 Å². The van der Waals surface area contributed by atoms with Crippen LogP contribution in [0.2, 0.25) is 0 Å². The Morgan fingerprint density at radius 1 is 1.32 bits per heavy atom. The van der Waals surface area contributed by atoms with Gasteiger partial charge in [0.15, 0.2) is 0 Å². The monoisotopic (exact) mass is 274 g/mol. The van der Waals surface area contributed by atoms with Gasteiger partial charge in [0.05, 0.1) is 0 Å². The van der Waals surface area contributed by atoms with Gasteiger partial charge in [-0.2, -0.15) is 10.1 Å². The predicted molar refractivity (Wildman–Crippen MR) is 69.9 cm³/mol. The van der Waals surface area contributed by atoms with E-state index in [2.05, 4.69) is 15.2 Å². The summed E-state index contributed by atoms with van der Waals surface area (Å²) in [5.41, 5.74) is 0.874. The van der Waals surface area contributed by atoms with Crippen molar-refractivity contribution in [1.29, 1.82) is 0 Å². The van der Waals surface area contributed by atoms with Crippen molar-refractivity contribution < 1.29 is 4.52 Å². The molecule has 0 aliphatic rings. The number of hydrogen-bond acceptors (Lipinski definition) is 6. The van der Waals surface area contributed by atoms with E-state index in [-0.39, 0.29) is 11.4 Å². The summed E-state index contributed by atoms with van der Waals surface area (Å²) in [4.78, 5) is 15.7. The maximum atomic E-state index is 11.6. The second kappa shape index (κ2) is 4.77. The van der Waals surface area contributed by atoms with Crippen molar-refractivity contribution in [3.05, 3.63) is 50.9 Å². The lowest BCUT2D eigenvalue weighted by atomic mass is 10.2. The van der Waals surface area contributed by atoms with Gasteiger partial charge >= 0.3 is 4.87 Å². The minimum Gasteiger partial charge on any atom is -0.337 e. The van der Waals surface area contributed by atoms with Gasteiger partial charge in [-0.3, -0.25) is 4.79 Å². The van der Waals surface area contributed by atoms with Crippen LogP contribution in [0, 0.1) is 6.92 Å². The summed E-state index contributed by atoms with van der Waals surface area (Å²) in [6.07, 6.45) is 0. The van der Waals surface area contributed by atoms with Crippen molar-refractivity contribution in [2.24, 2.45) is 0 Å². The fraction of sp³-hybridized carbons (Fsp3) is 0.167. The third-order valence-corrected chi connectivity index (χ3v) is 3.25. The van der Waals surface area contributed by atoms with Crippen LogP contribution in [0.15, 0.2) is 39.6 Å². The van der Waals surface area contributed by atoms with Crippen LogP contribution in [-0.2, 0) is 6.54 Å². The number of hydrogen-bond donors (Lipinski definition) is 0. The average molecular weight is 274 g/mol. The molecular formula is C12H10N4O2S. The molecule has 0 saturated heterocycles. The summed E-state index contributed by atoms with van der Waals surface area (Å²) in [5, 5.41) is 8.69. The molecule has 3 aromatic rings. The van der Waals surface area contributed by atoms with Gasteiger partial charge < -0.3 is 4.52 Å². The first-order valence-corrected chi connectivity index (χ1v) is 6.46. The molecule has 2 aromatic heterocycles. The molecule has 0 aliphatic carbocycles. The Bertz CT molecular complexity index is 744. The topological polar surface area (TPSA) is 73.8 Å². The summed E-state index contributed by atoms with van der Waals surface area (Å²) in [6.45, 7) is 1.98. The molecule has 0 spiro atoms. The number of aryl methyl sites for hydroxylation is 1. The van der Waals surface area contributed by atoms with Crippen molar-refractivity contribution in [2.45, 2.75) is 13.5 Å². The molecule has 2 heterocycles. The Hall–Kier alpha value is -2.28. The lowest BCUT2D eigenvalue weighted by Crippen LogP contribution is -2.15. The van der Waals surface area contributed by atoms with E-state index in [4.69, 9.17) is 4.52 Å². The highest BCUT2D eigenvalue weighted by atomic mass is 32.1. The van der Waals surface area contributed by atoms with Crippen LogP contribution in [0.1, 0.15) is 10.9 Å². The standard InChI is InChI=1S/C12H10N4O2S/c1-8-14-16(12(17)19-8)7-10-13-11(15-18-10)9-5-3-2-4-6-9/h2-6H,7H2,1H3. The molecule has 0 radical (unpaired) electrons. The van der Waals surface area contributed by atoms with E-state index in [1.807, 2.05) is 30.3 Å². The first-order valence-electron chi connectivity index (χ1n) is 5.65. The number of rotatable bonds is 3. The van der Waals surface area contributed by atoms with Crippen LogP contribution < -0.4 is 4.87 Å². The fourth-order valence-electron chi connectivity index (χ4n) is 1.66. The molecule has 0 unspecified atom stereocenters. The molecule has 0 N–H and O–H groups in total. The van der Waals surface area contributed by atoms with E-state index < -0.39 is 0 Å². The van der Waals surface area contributed by atoms with Crippen molar-refractivity contribution in [3.63, 3.8) is 0 Å². The lowest BCUT2D eigenvalue weighted by Gasteiger charge is -1.92. The summed E-state index contributed by atoms with van der Waals surface area (Å²) in [7, 11) is 0. The Balaban J connectivity index is 1.86. The van der Waals surface area contributed by atoms with Crippen molar-refractivity contribution in [1.82, 2.24) is 19.9 Å². The summed E-state index contributed by atoms with van der Waals surface area (Å²) in [6, 6.07) is 9.52. The first-order chi connectivity index (χ1) is 9.22. The fourth-order valence-corrected chi connectivity index (χ4v) is 2.26. The number of nitrogens with zero attached hydrogens (tertiary/aromatic N) is 4. The zero-order chi connectivity index (χ0) is 13.2. The summed E-state index contributed by atoms with van der Waals surface area (Å²) < 4.78 is 6.45. The van der Waals surface area contributed by atoms with Crippen LogP contribution in [-0.4, -0.2) is 19.9 Å². The first kappa shape index (κ1) is 11.8. The van der Waals surface area contributed by atoms with Crippen molar-refractivity contribution >= 4 is 11.3 Å². The third kappa shape index (κ3) is 2.45. The van der Waals surface area contributed by atoms with E-state index >= 15 is 0 Å². The largest absolute Gasteiger partial charge is 0.337 e. The van der Waals surface area contributed by atoms with Crippen LogP contribution in [0.5, 0.6) is 0 Å². The molecule has 0 aliphatic heterocycles. The molecule has 0 atom stereocenters. The molecular weight excluding hydrogens is 264 g/mol. The SMILES string of the molecule is Cc1nn(Cc2nc(-c3ccccc3)no2)c(=O)s1. The maximum absolute atomic E-state index is 11.6. The van der Waals surface area contributed by atoms with Gasteiger partial charge in [0.2, 0.25) is 11.7 Å². The predicted octanol–water partition coefficient (Wildman–Crippen LogP) is 1.71. The average Bonchev–Trinajstić information content (AvgIpc) is 2.99. The second-order valence-electron chi connectivity index (χ2n) is 3.92. The van der Waals surface area contributed by atoms with Gasteiger partial charge in [0, 0.05) is 5.56 Å². The quantitative estimate of drug-likeness (QED) is 0.727. The van der Waals surface area contributed by atoms with Gasteiger partial charge in [-0.25, -0.2) is 4.68 Å². The highest BCUT2D eigenvalue weighted by Gasteiger charge is 2.11. The Kier molecular flexibility index (Phi) is 2.96. The molecule has 0 fully saturated rings. The Morgan fingerprint density at radius 2 is 2.11 bits per heavy atom. The van der Waals surface area contributed by atoms with Crippen molar-refractivity contribution in [3.8, 4) is 11.4 Å². The minimum atomic E-state index is -0.128. The van der Waals surface area contributed by atoms with E-state index in [0.717, 1.165) is 16.9 Å². The molecule has 19 heavy (non-hydrogen) atoms. The van der Waals surface area contributed by atoms with Crippen molar-refractivity contribution in [2.75, 3.05) is 0 Å². The number of benzene rings is 1. The molecule has 6 nitrogen and oxygen atoms in total. The highest BCUT2D eigenvalue weighted by molar-refractivity contribution is 7.08. The smallest absolute Gasteiger partial charge is 0.325 e. The summed E-state index contributed by atoms with van der Waals surface area (Å²) in [5.74, 6) is 0.877. The zero-order valence-corrected chi connectivity index (χ0v) is 10.9. The lowest BCUT2D eigenvalue weighted by molar-refractivity contribution is 0.364. The molecule has 0 amide bonds. The zero-order valence-electron chi connectivity index (χ0n) is 10.1. The Labute approximate surface area is 112 Å².